The fourth-order valence-corrected chi connectivity index (χ4v) is 4.08. The third kappa shape index (κ3) is 7.02. The van der Waals surface area contributed by atoms with Gasteiger partial charge in [-0.2, -0.15) is 0 Å². The highest BCUT2D eigenvalue weighted by molar-refractivity contribution is 7.80. The van der Waals surface area contributed by atoms with E-state index in [0.717, 1.165) is 38.5 Å². The minimum Gasteiger partial charge on any atom is -0.494 e. The minimum atomic E-state index is -0.322. The Morgan fingerprint density at radius 2 is 1.82 bits per heavy atom. The van der Waals surface area contributed by atoms with Crippen LogP contribution in [0.4, 0.5) is 5.69 Å². The van der Waals surface area contributed by atoms with Crippen LogP contribution in [0.5, 0.6) is 5.75 Å². The van der Waals surface area contributed by atoms with Crippen LogP contribution in [0.15, 0.2) is 48.5 Å². The maximum absolute atomic E-state index is 13.0. The van der Waals surface area contributed by atoms with Crippen molar-refractivity contribution >= 4 is 34.8 Å². The number of amides is 2. The molecule has 1 aliphatic rings. The summed E-state index contributed by atoms with van der Waals surface area (Å²) in [4.78, 5) is 27.4. The number of hydrogen-bond donors (Lipinski definition) is 2. The van der Waals surface area contributed by atoms with Crippen molar-refractivity contribution in [2.45, 2.75) is 57.9 Å². The Balaban J connectivity index is 1.66. The number of para-hydroxylation sites is 1. The van der Waals surface area contributed by atoms with Crippen LogP contribution < -0.4 is 20.3 Å². The Morgan fingerprint density at radius 1 is 1.06 bits per heavy atom. The molecule has 2 N–H and O–H groups in total. The molecule has 33 heavy (non-hydrogen) atoms. The van der Waals surface area contributed by atoms with E-state index in [1.165, 1.54) is 6.42 Å². The molecule has 1 saturated carbocycles. The monoisotopic (exact) mass is 467 g/mol. The molecule has 0 spiro atoms. The molecule has 0 atom stereocenters. The zero-order chi connectivity index (χ0) is 23.6. The van der Waals surface area contributed by atoms with Gasteiger partial charge in [0, 0.05) is 18.7 Å². The molecule has 2 amide bonds. The first-order chi connectivity index (χ1) is 16.0. The van der Waals surface area contributed by atoms with Crippen molar-refractivity contribution in [2.24, 2.45) is 0 Å². The zero-order valence-electron chi connectivity index (χ0n) is 19.4. The lowest BCUT2D eigenvalue weighted by Crippen LogP contribution is -2.42. The number of carbonyl (C=O) groups is 2. The van der Waals surface area contributed by atoms with Gasteiger partial charge in [-0.1, -0.05) is 50.8 Å². The largest absolute Gasteiger partial charge is 0.494 e. The number of carbonyl (C=O) groups excluding carboxylic acids is 2. The number of ether oxygens (including phenoxy) is 1. The summed E-state index contributed by atoms with van der Waals surface area (Å²) < 4.78 is 5.70. The van der Waals surface area contributed by atoms with Gasteiger partial charge >= 0.3 is 0 Å². The van der Waals surface area contributed by atoms with Crippen LogP contribution >= 0.6 is 12.2 Å². The number of nitrogens with zero attached hydrogens (tertiary/aromatic N) is 1. The molecule has 0 saturated heterocycles. The summed E-state index contributed by atoms with van der Waals surface area (Å²) in [6, 6.07) is 14.6. The average molecular weight is 468 g/mol. The normalized spacial score (nSPS) is 13.8. The van der Waals surface area contributed by atoms with Crippen LogP contribution in [0, 0.1) is 0 Å². The van der Waals surface area contributed by atoms with Crippen molar-refractivity contribution in [3.8, 4) is 5.75 Å². The van der Waals surface area contributed by atoms with Gasteiger partial charge in [-0.3, -0.25) is 14.9 Å². The van der Waals surface area contributed by atoms with Crippen molar-refractivity contribution in [2.75, 3.05) is 18.6 Å². The summed E-state index contributed by atoms with van der Waals surface area (Å²) in [6.07, 6.45) is 7.55. The Bertz CT molecular complexity index is 973. The van der Waals surface area contributed by atoms with Crippen molar-refractivity contribution in [3.63, 3.8) is 0 Å². The number of rotatable bonds is 8. The molecule has 1 aliphatic carbocycles. The Labute approximate surface area is 201 Å². The highest BCUT2D eigenvalue weighted by Gasteiger charge is 2.21. The quantitative estimate of drug-likeness (QED) is 0.419. The number of thiocarbonyl (C=S) groups is 1. The smallest absolute Gasteiger partial charge is 0.257 e. The molecule has 0 aromatic heterocycles. The summed E-state index contributed by atoms with van der Waals surface area (Å²) in [5.41, 5.74) is 1.64. The molecule has 2 aromatic rings. The fourth-order valence-electron chi connectivity index (χ4n) is 3.89. The van der Waals surface area contributed by atoms with E-state index in [-0.39, 0.29) is 23.0 Å². The highest BCUT2D eigenvalue weighted by Crippen LogP contribution is 2.22. The summed E-state index contributed by atoms with van der Waals surface area (Å²) in [5, 5.41) is 6.14. The van der Waals surface area contributed by atoms with Crippen molar-refractivity contribution < 1.29 is 14.3 Å². The number of unbranched alkanes of at least 4 members (excludes halogenated alkanes) is 1. The van der Waals surface area contributed by atoms with E-state index in [4.69, 9.17) is 17.0 Å². The number of hydrogen-bond acceptors (Lipinski definition) is 4. The van der Waals surface area contributed by atoms with Gasteiger partial charge in [0.25, 0.3) is 11.8 Å². The standard InChI is InChI=1S/C26H33N3O3S/c1-3-4-17-32-21-14-10-11-19(18-21)24(30)28-26(33)29(2)23-16-9-8-15-22(23)25(31)27-20-12-6-5-7-13-20/h8-11,14-16,18,20H,3-7,12-13,17H2,1-2H3,(H,27,31)(H,28,30,33). The van der Waals surface area contributed by atoms with Gasteiger partial charge in [0.1, 0.15) is 5.75 Å². The molecule has 0 unspecified atom stereocenters. The molecule has 0 aliphatic heterocycles. The van der Waals surface area contributed by atoms with Gasteiger partial charge in [0.15, 0.2) is 5.11 Å². The van der Waals surface area contributed by atoms with E-state index in [2.05, 4.69) is 17.6 Å². The number of benzene rings is 2. The third-order valence-electron chi connectivity index (χ3n) is 5.84. The van der Waals surface area contributed by atoms with E-state index in [1.54, 1.807) is 36.2 Å². The molecule has 0 radical (unpaired) electrons. The maximum atomic E-state index is 13.0. The summed E-state index contributed by atoms with van der Waals surface area (Å²) in [7, 11) is 1.75. The van der Waals surface area contributed by atoms with Crippen LogP contribution in [0.3, 0.4) is 0 Å². The summed E-state index contributed by atoms with van der Waals surface area (Å²) in [6.45, 7) is 2.71. The van der Waals surface area contributed by atoms with E-state index in [0.29, 0.717) is 29.2 Å². The highest BCUT2D eigenvalue weighted by atomic mass is 32.1. The molecular weight excluding hydrogens is 434 g/mol. The number of anilines is 1. The second kappa shape index (κ2) is 12.3. The van der Waals surface area contributed by atoms with Gasteiger partial charge in [-0.05, 0) is 61.8 Å². The van der Waals surface area contributed by atoms with Crippen LogP contribution in [0.2, 0.25) is 0 Å². The van der Waals surface area contributed by atoms with Crippen molar-refractivity contribution in [1.82, 2.24) is 10.6 Å². The predicted octanol–water partition coefficient (Wildman–Crippen LogP) is 5.08. The number of nitrogens with one attached hydrogen (secondary N) is 2. The third-order valence-corrected chi connectivity index (χ3v) is 6.21. The second-order valence-electron chi connectivity index (χ2n) is 8.37. The summed E-state index contributed by atoms with van der Waals surface area (Å²) >= 11 is 5.49. The van der Waals surface area contributed by atoms with Crippen LogP contribution in [0.1, 0.15) is 72.6 Å². The predicted molar refractivity (Wildman–Crippen MR) is 136 cm³/mol. The molecule has 3 rings (SSSR count). The van der Waals surface area contributed by atoms with Crippen molar-refractivity contribution in [1.29, 1.82) is 0 Å². The van der Waals surface area contributed by atoms with Gasteiger partial charge in [-0.15, -0.1) is 0 Å². The lowest BCUT2D eigenvalue weighted by atomic mass is 9.95. The van der Waals surface area contributed by atoms with Crippen LogP contribution in [0.25, 0.3) is 0 Å². The Kier molecular flexibility index (Phi) is 9.24. The van der Waals surface area contributed by atoms with E-state index in [9.17, 15) is 9.59 Å². The molecule has 7 heteroatoms. The molecule has 0 heterocycles. The lowest BCUT2D eigenvalue weighted by Gasteiger charge is -2.26. The Morgan fingerprint density at radius 3 is 2.58 bits per heavy atom. The van der Waals surface area contributed by atoms with Gasteiger partial charge in [0.05, 0.1) is 17.9 Å². The molecule has 176 valence electrons. The Hall–Kier alpha value is -2.93. The average Bonchev–Trinajstić information content (AvgIpc) is 2.84. The maximum Gasteiger partial charge on any atom is 0.257 e. The van der Waals surface area contributed by atoms with E-state index >= 15 is 0 Å². The van der Waals surface area contributed by atoms with Crippen molar-refractivity contribution in [3.05, 3.63) is 59.7 Å². The van der Waals surface area contributed by atoms with Gasteiger partial charge < -0.3 is 15.0 Å². The second-order valence-corrected chi connectivity index (χ2v) is 8.76. The van der Waals surface area contributed by atoms with Gasteiger partial charge in [0.2, 0.25) is 0 Å². The fraction of sp³-hybridized carbons (Fsp3) is 0.423. The SMILES string of the molecule is CCCCOc1cccc(C(=O)NC(=S)N(C)c2ccccc2C(=O)NC2CCCCC2)c1. The van der Waals surface area contributed by atoms with E-state index in [1.807, 2.05) is 24.3 Å². The molecule has 0 bridgehead atoms. The molecule has 6 nitrogen and oxygen atoms in total. The van der Waals surface area contributed by atoms with Crippen LogP contribution in [-0.4, -0.2) is 36.6 Å². The molecular formula is C26H33N3O3S. The zero-order valence-corrected chi connectivity index (χ0v) is 20.2. The van der Waals surface area contributed by atoms with Gasteiger partial charge in [-0.25, -0.2) is 0 Å². The summed E-state index contributed by atoms with van der Waals surface area (Å²) in [5.74, 6) is 0.215. The first-order valence-electron chi connectivity index (χ1n) is 11.7. The lowest BCUT2D eigenvalue weighted by molar-refractivity contribution is 0.0927. The first kappa shape index (κ1) is 24.7. The minimum absolute atomic E-state index is 0.115. The van der Waals surface area contributed by atoms with E-state index < -0.39 is 0 Å². The first-order valence-corrected chi connectivity index (χ1v) is 12.1. The molecule has 2 aromatic carbocycles. The molecule has 1 fully saturated rings. The topological polar surface area (TPSA) is 70.7 Å². The van der Waals surface area contributed by atoms with Crippen LogP contribution in [-0.2, 0) is 0 Å².